The lowest BCUT2D eigenvalue weighted by molar-refractivity contribution is -0.137. The van der Waals surface area contributed by atoms with Crippen molar-refractivity contribution < 1.29 is 13.2 Å². The molecule has 0 spiro atoms. The minimum absolute atomic E-state index is 0. The van der Waals surface area contributed by atoms with Gasteiger partial charge in [-0.15, -0.1) is 24.0 Å². The zero-order chi connectivity index (χ0) is 21.6. The molecule has 2 N–H and O–H groups in total. The van der Waals surface area contributed by atoms with E-state index in [2.05, 4.69) is 32.4 Å². The summed E-state index contributed by atoms with van der Waals surface area (Å²) in [7, 11) is 1.75. The molecular weight excluding hydrogens is 518 g/mol. The molecule has 1 atom stereocenters. The van der Waals surface area contributed by atoms with E-state index in [0.29, 0.717) is 6.54 Å². The third-order valence-corrected chi connectivity index (χ3v) is 5.35. The molecule has 0 saturated carbocycles. The minimum Gasteiger partial charge on any atom is -0.356 e. The molecule has 1 saturated heterocycles. The molecule has 2 aromatic rings. The molecule has 1 aromatic carbocycles. The normalized spacial score (nSPS) is 17.3. The van der Waals surface area contributed by atoms with Crippen LogP contribution in [0.25, 0.3) is 0 Å². The lowest BCUT2D eigenvalue weighted by Gasteiger charge is -2.19. The molecule has 1 aromatic heterocycles. The van der Waals surface area contributed by atoms with Gasteiger partial charge >= 0.3 is 6.18 Å². The Labute approximate surface area is 198 Å². The van der Waals surface area contributed by atoms with Crippen molar-refractivity contribution in [2.75, 3.05) is 26.7 Å². The van der Waals surface area contributed by atoms with Crippen LogP contribution in [0.1, 0.15) is 28.7 Å². The summed E-state index contributed by atoms with van der Waals surface area (Å²) in [6.07, 6.45) is 1.23. The lowest BCUT2D eigenvalue weighted by atomic mass is 10.1. The van der Waals surface area contributed by atoms with Gasteiger partial charge in [-0.05, 0) is 54.7 Å². The number of hydrogen-bond donors (Lipinski definition) is 2. The molecule has 0 bridgehead atoms. The number of nitrogens with one attached hydrogen (secondary N) is 2. The van der Waals surface area contributed by atoms with Crippen molar-refractivity contribution in [1.82, 2.24) is 20.5 Å². The molecule has 1 fully saturated rings. The number of aromatic nitrogens is 1. The van der Waals surface area contributed by atoms with Crippen molar-refractivity contribution >= 4 is 29.9 Å². The fourth-order valence-electron chi connectivity index (χ4n) is 3.64. The largest absolute Gasteiger partial charge is 0.416 e. The van der Waals surface area contributed by atoms with E-state index in [0.717, 1.165) is 56.1 Å². The first-order valence-electron chi connectivity index (χ1n) is 10.1. The zero-order valence-corrected chi connectivity index (χ0v) is 20.1. The summed E-state index contributed by atoms with van der Waals surface area (Å²) in [5.41, 5.74) is 2.72. The standard InChI is InChI=1S/C22H28F3N5.HI/c1-16-13-27-10-7-18(16)8-11-28-21(26-2)29-20-9-12-30(15-20)14-17-3-5-19(6-4-17)22(23,24)25;/h3-7,10,13,20H,8-9,11-12,14-15H2,1-2H3,(H2,26,28,29);1H. The van der Waals surface area contributed by atoms with E-state index >= 15 is 0 Å². The average molecular weight is 547 g/mol. The number of benzene rings is 1. The number of rotatable bonds is 6. The van der Waals surface area contributed by atoms with E-state index in [-0.39, 0.29) is 30.0 Å². The summed E-state index contributed by atoms with van der Waals surface area (Å²) in [4.78, 5) is 10.7. The van der Waals surface area contributed by atoms with Gasteiger partial charge in [0, 0.05) is 51.7 Å². The Morgan fingerprint density at radius 1 is 1.23 bits per heavy atom. The first-order valence-corrected chi connectivity index (χ1v) is 10.1. The van der Waals surface area contributed by atoms with Gasteiger partial charge in [-0.2, -0.15) is 13.2 Å². The number of aryl methyl sites for hydroxylation is 1. The number of alkyl halides is 3. The maximum atomic E-state index is 12.7. The van der Waals surface area contributed by atoms with Crippen molar-refractivity contribution in [3.63, 3.8) is 0 Å². The van der Waals surface area contributed by atoms with E-state index in [1.54, 1.807) is 25.4 Å². The van der Waals surface area contributed by atoms with Crippen LogP contribution in [0.15, 0.2) is 47.7 Å². The molecule has 1 aliphatic rings. The second kappa shape index (κ2) is 11.7. The van der Waals surface area contributed by atoms with Crippen LogP contribution < -0.4 is 10.6 Å². The number of halogens is 4. The summed E-state index contributed by atoms with van der Waals surface area (Å²) in [6.45, 7) is 5.19. The number of nitrogens with zero attached hydrogens (tertiary/aromatic N) is 3. The third kappa shape index (κ3) is 7.64. The van der Waals surface area contributed by atoms with E-state index in [4.69, 9.17) is 0 Å². The number of aliphatic imine (C=N–C) groups is 1. The van der Waals surface area contributed by atoms with Crippen LogP contribution >= 0.6 is 24.0 Å². The molecule has 9 heteroatoms. The maximum Gasteiger partial charge on any atom is 0.416 e. The van der Waals surface area contributed by atoms with Crippen LogP contribution in [-0.2, 0) is 19.1 Å². The predicted molar refractivity (Wildman–Crippen MR) is 128 cm³/mol. The van der Waals surface area contributed by atoms with E-state index < -0.39 is 11.7 Å². The SMILES string of the molecule is CN=C(NCCc1ccncc1C)NC1CCN(Cc2ccc(C(F)(F)F)cc2)C1.I. The summed E-state index contributed by atoms with van der Waals surface area (Å²) in [5.74, 6) is 0.767. The molecule has 2 heterocycles. The number of hydrogen-bond acceptors (Lipinski definition) is 3. The molecule has 0 aliphatic carbocycles. The van der Waals surface area contributed by atoms with Gasteiger partial charge in [0.25, 0.3) is 0 Å². The van der Waals surface area contributed by atoms with Gasteiger partial charge in [0.05, 0.1) is 5.56 Å². The van der Waals surface area contributed by atoms with Crippen molar-refractivity contribution in [2.24, 2.45) is 4.99 Å². The Hall–Kier alpha value is -1.88. The van der Waals surface area contributed by atoms with Crippen LogP contribution in [0.2, 0.25) is 0 Å². The van der Waals surface area contributed by atoms with Gasteiger partial charge in [0.1, 0.15) is 0 Å². The topological polar surface area (TPSA) is 52.6 Å². The fourth-order valence-corrected chi connectivity index (χ4v) is 3.64. The van der Waals surface area contributed by atoms with Crippen molar-refractivity contribution in [3.8, 4) is 0 Å². The molecule has 1 unspecified atom stereocenters. The Kier molecular flexibility index (Phi) is 9.54. The van der Waals surface area contributed by atoms with Gasteiger partial charge in [-0.3, -0.25) is 14.9 Å². The van der Waals surface area contributed by atoms with Crippen LogP contribution in [0.3, 0.4) is 0 Å². The minimum atomic E-state index is -4.29. The Balaban J connectivity index is 0.00000341. The van der Waals surface area contributed by atoms with Gasteiger partial charge in [0.15, 0.2) is 5.96 Å². The van der Waals surface area contributed by atoms with Gasteiger partial charge in [-0.1, -0.05) is 12.1 Å². The maximum absolute atomic E-state index is 12.7. The van der Waals surface area contributed by atoms with Crippen molar-refractivity contribution in [3.05, 3.63) is 65.0 Å². The summed E-state index contributed by atoms with van der Waals surface area (Å²) >= 11 is 0. The summed E-state index contributed by atoms with van der Waals surface area (Å²) in [5, 5.41) is 6.80. The Bertz CT molecular complexity index is 855. The Morgan fingerprint density at radius 3 is 2.61 bits per heavy atom. The van der Waals surface area contributed by atoms with Crippen LogP contribution in [0.5, 0.6) is 0 Å². The molecule has 0 amide bonds. The molecular formula is C22H29F3IN5. The van der Waals surface area contributed by atoms with Crippen LogP contribution in [0.4, 0.5) is 13.2 Å². The first-order chi connectivity index (χ1) is 14.3. The molecule has 170 valence electrons. The second-order valence-corrected chi connectivity index (χ2v) is 7.61. The number of guanidine groups is 1. The summed E-state index contributed by atoms with van der Waals surface area (Å²) in [6, 6.07) is 7.71. The van der Waals surface area contributed by atoms with E-state index in [9.17, 15) is 13.2 Å². The third-order valence-electron chi connectivity index (χ3n) is 5.35. The summed E-state index contributed by atoms with van der Waals surface area (Å²) < 4.78 is 38.1. The first kappa shape index (κ1) is 25.4. The van der Waals surface area contributed by atoms with Crippen LogP contribution in [-0.4, -0.2) is 48.6 Å². The van der Waals surface area contributed by atoms with Gasteiger partial charge in [0.2, 0.25) is 0 Å². The zero-order valence-electron chi connectivity index (χ0n) is 17.7. The average Bonchev–Trinajstić information content (AvgIpc) is 3.15. The fraction of sp³-hybridized carbons (Fsp3) is 0.455. The van der Waals surface area contributed by atoms with E-state index in [1.807, 2.05) is 12.3 Å². The molecule has 31 heavy (non-hydrogen) atoms. The second-order valence-electron chi connectivity index (χ2n) is 7.61. The quantitative estimate of drug-likeness (QED) is 0.326. The molecule has 5 nitrogen and oxygen atoms in total. The highest BCUT2D eigenvalue weighted by atomic mass is 127. The molecule has 1 aliphatic heterocycles. The van der Waals surface area contributed by atoms with Gasteiger partial charge in [-0.25, -0.2) is 0 Å². The van der Waals surface area contributed by atoms with E-state index in [1.165, 1.54) is 11.1 Å². The van der Waals surface area contributed by atoms with Gasteiger partial charge < -0.3 is 10.6 Å². The predicted octanol–water partition coefficient (Wildman–Crippen LogP) is 4.01. The monoisotopic (exact) mass is 547 g/mol. The van der Waals surface area contributed by atoms with Crippen molar-refractivity contribution in [1.29, 1.82) is 0 Å². The smallest absolute Gasteiger partial charge is 0.356 e. The van der Waals surface area contributed by atoms with Crippen LogP contribution in [0, 0.1) is 6.92 Å². The highest BCUT2D eigenvalue weighted by Crippen LogP contribution is 2.29. The number of pyridine rings is 1. The Morgan fingerprint density at radius 2 is 1.97 bits per heavy atom. The highest BCUT2D eigenvalue weighted by molar-refractivity contribution is 14.0. The molecule has 0 radical (unpaired) electrons. The number of likely N-dealkylation sites (tertiary alicyclic amines) is 1. The van der Waals surface area contributed by atoms with Crippen molar-refractivity contribution in [2.45, 2.75) is 38.5 Å². The highest BCUT2D eigenvalue weighted by Gasteiger charge is 2.30. The molecule has 3 rings (SSSR count). The lowest BCUT2D eigenvalue weighted by Crippen LogP contribution is -2.45.